The fourth-order valence-electron chi connectivity index (χ4n) is 2.85. The lowest BCUT2D eigenvalue weighted by Gasteiger charge is -2.05. The molecule has 0 fully saturated rings. The van der Waals surface area contributed by atoms with Crippen LogP contribution < -0.4 is 5.32 Å². The minimum Gasteiger partial charge on any atom is -0.342 e. The molecule has 2 heterocycles. The molecule has 4 aromatic rings. The number of benzene rings is 2. The Balaban J connectivity index is 1.45. The predicted molar refractivity (Wildman–Crippen MR) is 102 cm³/mol. The molecule has 27 heavy (non-hydrogen) atoms. The number of hydrogen-bond donors (Lipinski definition) is 2. The van der Waals surface area contributed by atoms with Crippen molar-refractivity contribution in [1.29, 1.82) is 0 Å². The van der Waals surface area contributed by atoms with Gasteiger partial charge in [-0.3, -0.25) is 4.79 Å². The summed E-state index contributed by atoms with van der Waals surface area (Å²) in [6, 6.07) is 13.5. The van der Waals surface area contributed by atoms with E-state index in [2.05, 4.69) is 37.6 Å². The molecule has 2 aromatic heterocycles. The van der Waals surface area contributed by atoms with Crippen LogP contribution in [0.25, 0.3) is 22.4 Å². The quantitative estimate of drug-likeness (QED) is 0.569. The van der Waals surface area contributed by atoms with E-state index in [4.69, 9.17) is 0 Å². The number of nitrogens with one attached hydrogen (secondary N) is 2. The van der Waals surface area contributed by atoms with Gasteiger partial charge in [-0.15, -0.1) is 10.2 Å². The number of amides is 1. The zero-order chi connectivity index (χ0) is 18.8. The van der Waals surface area contributed by atoms with Crippen molar-refractivity contribution in [3.05, 3.63) is 53.9 Å². The van der Waals surface area contributed by atoms with Gasteiger partial charge < -0.3 is 10.3 Å². The van der Waals surface area contributed by atoms with Crippen LogP contribution in [0.1, 0.15) is 18.3 Å². The maximum Gasteiger partial charge on any atom is 0.248 e. The van der Waals surface area contributed by atoms with Gasteiger partial charge in [-0.1, -0.05) is 19.1 Å². The summed E-state index contributed by atoms with van der Waals surface area (Å²) in [6.45, 7) is 3.99. The van der Waals surface area contributed by atoms with Crippen LogP contribution in [-0.4, -0.2) is 36.1 Å². The van der Waals surface area contributed by atoms with E-state index in [-0.39, 0.29) is 12.5 Å². The Morgan fingerprint density at radius 3 is 2.78 bits per heavy atom. The van der Waals surface area contributed by atoms with Gasteiger partial charge in [-0.2, -0.15) is 4.80 Å². The van der Waals surface area contributed by atoms with Crippen molar-refractivity contribution < 1.29 is 4.79 Å². The van der Waals surface area contributed by atoms with Gasteiger partial charge in [0.1, 0.15) is 12.4 Å². The van der Waals surface area contributed by atoms with E-state index in [0.29, 0.717) is 5.82 Å². The monoisotopic (exact) mass is 361 g/mol. The molecule has 0 bridgehead atoms. The first-order valence-corrected chi connectivity index (χ1v) is 8.74. The maximum atomic E-state index is 12.2. The summed E-state index contributed by atoms with van der Waals surface area (Å²) in [5, 5.41) is 15.2. The third-order valence-electron chi connectivity index (χ3n) is 4.24. The number of H-pyrrole nitrogens is 1. The molecular formula is C19H19N7O. The number of fused-ring (bicyclic) bond motifs is 1. The fraction of sp³-hybridized carbons (Fsp3) is 0.211. The molecular weight excluding hydrogens is 342 g/mol. The van der Waals surface area contributed by atoms with Crippen molar-refractivity contribution in [2.75, 3.05) is 5.32 Å². The van der Waals surface area contributed by atoms with Crippen LogP contribution in [0.3, 0.4) is 0 Å². The van der Waals surface area contributed by atoms with Crippen molar-refractivity contribution in [3.8, 4) is 11.4 Å². The zero-order valence-corrected chi connectivity index (χ0v) is 15.1. The summed E-state index contributed by atoms with van der Waals surface area (Å²) in [6.07, 6.45) is 0.962. The zero-order valence-electron chi connectivity index (χ0n) is 15.1. The number of aromatic nitrogens is 6. The van der Waals surface area contributed by atoms with Gasteiger partial charge in [0.15, 0.2) is 0 Å². The first-order chi connectivity index (χ1) is 13.1. The molecule has 0 radical (unpaired) electrons. The van der Waals surface area contributed by atoms with E-state index >= 15 is 0 Å². The molecule has 0 aliphatic heterocycles. The number of nitrogens with zero attached hydrogens (tertiary/aromatic N) is 5. The van der Waals surface area contributed by atoms with Crippen LogP contribution in [-0.2, 0) is 17.8 Å². The third-order valence-corrected chi connectivity index (χ3v) is 4.24. The molecule has 0 atom stereocenters. The Hall–Kier alpha value is -3.55. The number of tetrazole rings is 1. The molecule has 8 heteroatoms. The van der Waals surface area contributed by atoms with Gasteiger partial charge in [0, 0.05) is 11.3 Å². The molecule has 0 aliphatic carbocycles. The van der Waals surface area contributed by atoms with Crippen LogP contribution in [0.2, 0.25) is 0 Å². The number of aromatic amines is 1. The van der Waals surface area contributed by atoms with Crippen molar-refractivity contribution in [1.82, 2.24) is 30.2 Å². The summed E-state index contributed by atoms with van der Waals surface area (Å²) in [5.41, 5.74) is 4.58. The molecule has 136 valence electrons. The van der Waals surface area contributed by atoms with Gasteiger partial charge >= 0.3 is 0 Å². The molecule has 0 unspecified atom stereocenters. The molecule has 2 aromatic carbocycles. The maximum absolute atomic E-state index is 12.2. The summed E-state index contributed by atoms with van der Waals surface area (Å²) >= 11 is 0. The molecule has 1 amide bonds. The third kappa shape index (κ3) is 3.69. The van der Waals surface area contributed by atoms with Gasteiger partial charge in [0.25, 0.3) is 0 Å². The van der Waals surface area contributed by atoms with Gasteiger partial charge in [0.05, 0.1) is 11.0 Å². The second kappa shape index (κ2) is 6.99. The van der Waals surface area contributed by atoms with Crippen molar-refractivity contribution >= 4 is 22.6 Å². The predicted octanol–water partition coefficient (Wildman–Crippen LogP) is 2.73. The highest BCUT2D eigenvalue weighted by Gasteiger charge is 2.11. The summed E-state index contributed by atoms with van der Waals surface area (Å²) in [4.78, 5) is 21.0. The van der Waals surface area contributed by atoms with Crippen LogP contribution in [0.4, 0.5) is 5.69 Å². The second-order valence-corrected chi connectivity index (χ2v) is 6.30. The fourth-order valence-corrected chi connectivity index (χ4v) is 2.85. The number of carbonyl (C=O) groups is 1. The Kier molecular flexibility index (Phi) is 4.37. The second-order valence-electron chi connectivity index (χ2n) is 6.30. The minimum absolute atomic E-state index is 0.00601. The Bertz CT molecular complexity index is 1090. The highest BCUT2D eigenvalue weighted by Crippen LogP contribution is 2.20. The van der Waals surface area contributed by atoms with Crippen molar-refractivity contribution in [2.45, 2.75) is 26.8 Å². The minimum atomic E-state index is -0.206. The lowest BCUT2D eigenvalue weighted by molar-refractivity contribution is -0.117. The molecule has 0 saturated carbocycles. The first kappa shape index (κ1) is 16.9. The highest BCUT2D eigenvalue weighted by atomic mass is 16.2. The van der Waals surface area contributed by atoms with E-state index in [1.807, 2.05) is 49.4 Å². The number of hydrogen-bond acceptors (Lipinski definition) is 5. The van der Waals surface area contributed by atoms with Crippen LogP contribution in [0.15, 0.2) is 42.5 Å². The molecule has 2 N–H and O–H groups in total. The summed E-state index contributed by atoms with van der Waals surface area (Å²) in [5.74, 6) is 1.11. The van der Waals surface area contributed by atoms with E-state index in [0.717, 1.165) is 34.5 Å². The average Bonchev–Trinajstić information content (AvgIpc) is 3.27. The number of anilines is 1. The Morgan fingerprint density at radius 2 is 2.00 bits per heavy atom. The normalized spacial score (nSPS) is 11.0. The number of carbonyl (C=O) groups excluding carboxylic acids is 1. The topological polar surface area (TPSA) is 101 Å². The number of aryl methyl sites for hydroxylation is 2. The van der Waals surface area contributed by atoms with E-state index in [1.54, 1.807) is 0 Å². The largest absolute Gasteiger partial charge is 0.342 e. The molecule has 0 aliphatic rings. The Labute approximate surface area is 155 Å². The van der Waals surface area contributed by atoms with E-state index in [1.165, 1.54) is 10.4 Å². The van der Waals surface area contributed by atoms with Crippen LogP contribution >= 0.6 is 0 Å². The lowest BCUT2D eigenvalue weighted by atomic mass is 10.1. The Morgan fingerprint density at radius 1 is 1.19 bits per heavy atom. The van der Waals surface area contributed by atoms with Crippen molar-refractivity contribution in [2.24, 2.45) is 0 Å². The van der Waals surface area contributed by atoms with E-state index < -0.39 is 0 Å². The summed E-state index contributed by atoms with van der Waals surface area (Å²) in [7, 11) is 0. The van der Waals surface area contributed by atoms with Gasteiger partial charge in [-0.25, -0.2) is 4.98 Å². The molecule has 0 spiro atoms. The van der Waals surface area contributed by atoms with Gasteiger partial charge in [-0.05, 0) is 54.5 Å². The number of rotatable bonds is 5. The number of imidazole rings is 1. The molecule has 0 saturated heterocycles. The average molecular weight is 361 g/mol. The lowest BCUT2D eigenvalue weighted by Crippen LogP contribution is -2.20. The van der Waals surface area contributed by atoms with E-state index in [9.17, 15) is 4.79 Å². The molecule has 8 nitrogen and oxygen atoms in total. The SMILES string of the molecule is CCc1ccc(NC(=O)Cn2nnc(-c3ccc4nc(C)[nH]c4c3)n2)cc1. The van der Waals surface area contributed by atoms with Gasteiger partial charge in [0.2, 0.25) is 11.7 Å². The van der Waals surface area contributed by atoms with Crippen LogP contribution in [0, 0.1) is 6.92 Å². The summed E-state index contributed by atoms with van der Waals surface area (Å²) < 4.78 is 0. The van der Waals surface area contributed by atoms with Crippen molar-refractivity contribution in [3.63, 3.8) is 0 Å². The molecule has 4 rings (SSSR count). The first-order valence-electron chi connectivity index (χ1n) is 8.74. The standard InChI is InChI=1S/C19H19N7O/c1-3-13-4-7-15(8-5-13)22-18(27)11-26-24-19(23-25-26)14-6-9-16-17(10-14)21-12(2)20-16/h4-10H,3,11H2,1-2H3,(H,20,21)(H,22,27). The highest BCUT2D eigenvalue weighted by molar-refractivity contribution is 5.90. The smallest absolute Gasteiger partial charge is 0.248 e. The van der Waals surface area contributed by atoms with Crippen LogP contribution in [0.5, 0.6) is 0 Å².